The fourth-order valence-corrected chi connectivity index (χ4v) is 3.58. The van der Waals surface area contributed by atoms with Gasteiger partial charge in [-0.3, -0.25) is 4.79 Å². The van der Waals surface area contributed by atoms with Crippen LogP contribution in [0.5, 0.6) is 0 Å². The van der Waals surface area contributed by atoms with Gasteiger partial charge in [-0.1, -0.05) is 39.0 Å². The van der Waals surface area contributed by atoms with E-state index in [1.165, 1.54) is 12.8 Å². The number of nitrogens with one attached hydrogen (secondary N) is 2. The molecular weight excluding hydrogens is 296 g/mol. The number of rotatable bonds is 5. The highest BCUT2D eigenvalue weighted by Gasteiger charge is 2.22. The third-order valence-corrected chi connectivity index (χ3v) is 5.59. The molecule has 0 bridgehead atoms. The molecule has 1 aromatic heterocycles. The smallest absolute Gasteiger partial charge is 0.220 e. The zero-order valence-electron chi connectivity index (χ0n) is 14.1. The Morgan fingerprint density at radius 1 is 1.36 bits per heavy atom. The number of carbonyl (C=O) groups excluding carboxylic acids is 1. The lowest BCUT2D eigenvalue weighted by Gasteiger charge is -2.27. The summed E-state index contributed by atoms with van der Waals surface area (Å²) in [6.07, 6.45) is 2.97. The third-order valence-electron chi connectivity index (χ3n) is 4.24. The van der Waals surface area contributed by atoms with Crippen molar-refractivity contribution >= 4 is 17.2 Å². The molecule has 0 saturated carbocycles. The van der Waals surface area contributed by atoms with Gasteiger partial charge < -0.3 is 10.6 Å². The minimum absolute atomic E-state index is 0.0173. The van der Waals surface area contributed by atoms with E-state index in [1.54, 1.807) is 11.3 Å². The highest BCUT2D eigenvalue weighted by atomic mass is 32.1. The second kappa shape index (κ2) is 7.51. The van der Waals surface area contributed by atoms with Gasteiger partial charge in [-0.2, -0.15) is 0 Å². The molecule has 5 nitrogen and oxygen atoms in total. The molecule has 1 amide bonds. The molecule has 2 N–H and O–H groups in total. The predicted octanol–water partition coefficient (Wildman–Crippen LogP) is 2.48. The van der Waals surface area contributed by atoms with Gasteiger partial charge in [0.15, 0.2) is 0 Å². The summed E-state index contributed by atoms with van der Waals surface area (Å²) < 4.78 is 0. The molecule has 1 unspecified atom stereocenters. The molecule has 0 spiro atoms. The summed E-state index contributed by atoms with van der Waals surface area (Å²) in [5.74, 6) is 1.24. The van der Waals surface area contributed by atoms with Crippen LogP contribution in [0.1, 0.15) is 57.0 Å². The Balaban J connectivity index is 1.76. The first-order chi connectivity index (χ1) is 10.4. The van der Waals surface area contributed by atoms with Gasteiger partial charge in [0.05, 0.1) is 6.54 Å². The molecule has 1 aromatic rings. The van der Waals surface area contributed by atoms with Crippen molar-refractivity contribution in [3.8, 4) is 0 Å². The summed E-state index contributed by atoms with van der Waals surface area (Å²) in [4.78, 5) is 12.1. The Bertz CT molecular complexity index is 489. The van der Waals surface area contributed by atoms with Crippen LogP contribution in [0.15, 0.2) is 0 Å². The van der Waals surface area contributed by atoms with Crippen LogP contribution in [0.3, 0.4) is 0 Å². The van der Waals surface area contributed by atoms with Crippen molar-refractivity contribution in [2.45, 2.75) is 58.9 Å². The SMILES string of the molecule is CC(CC(=O)NCc1nnc(C(C)(C)C)s1)C1CCNCC1. The predicted molar refractivity (Wildman–Crippen MR) is 89.8 cm³/mol. The third kappa shape index (κ3) is 5.02. The van der Waals surface area contributed by atoms with Crippen LogP contribution in [0.25, 0.3) is 0 Å². The lowest BCUT2D eigenvalue weighted by atomic mass is 9.84. The van der Waals surface area contributed by atoms with E-state index < -0.39 is 0 Å². The van der Waals surface area contributed by atoms with Gasteiger partial charge in [0.1, 0.15) is 10.0 Å². The van der Waals surface area contributed by atoms with E-state index in [0.717, 1.165) is 23.1 Å². The molecule has 0 radical (unpaired) electrons. The van der Waals surface area contributed by atoms with Gasteiger partial charge in [-0.15, -0.1) is 10.2 Å². The van der Waals surface area contributed by atoms with Crippen LogP contribution in [0.2, 0.25) is 0 Å². The number of carbonyl (C=O) groups is 1. The van der Waals surface area contributed by atoms with E-state index in [0.29, 0.717) is 24.8 Å². The second-order valence-corrected chi connectivity index (χ2v) is 8.36. The summed E-state index contributed by atoms with van der Waals surface area (Å²) in [6, 6.07) is 0. The van der Waals surface area contributed by atoms with Gasteiger partial charge >= 0.3 is 0 Å². The van der Waals surface area contributed by atoms with Crippen molar-refractivity contribution in [3.05, 3.63) is 10.0 Å². The first kappa shape index (κ1) is 17.3. The van der Waals surface area contributed by atoms with Crippen molar-refractivity contribution in [1.82, 2.24) is 20.8 Å². The van der Waals surface area contributed by atoms with Crippen molar-refractivity contribution < 1.29 is 4.79 Å². The van der Waals surface area contributed by atoms with E-state index >= 15 is 0 Å². The van der Waals surface area contributed by atoms with E-state index in [-0.39, 0.29) is 11.3 Å². The molecule has 1 saturated heterocycles. The number of aromatic nitrogens is 2. The van der Waals surface area contributed by atoms with Crippen molar-refractivity contribution in [2.24, 2.45) is 11.8 Å². The Morgan fingerprint density at radius 2 is 2.05 bits per heavy atom. The van der Waals surface area contributed by atoms with Crippen LogP contribution in [-0.4, -0.2) is 29.2 Å². The van der Waals surface area contributed by atoms with Crippen molar-refractivity contribution in [2.75, 3.05) is 13.1 Å². The first-order valence-electron chi connectivity index (χ1n) is 8.16. The number of amides is 1. The number of piperidine rings is 1. The normalized spacial score (nSPS) is 18.2. The van der Waals surface area contributed by atoms with Crippen LogP contribution >= 0.6 is 11.3 Å². The van der Waals surface area contributed by atoms with Crippen LogP contribution in [0.4, 0.5) is 0 Å². The number of nitrogens with zero attached hydrogens (tertiary/aromatic N) is 2. The lowest BCUT2D eigenvalue weighted by Crippen LogP contribution is -2.33. The Morgan fingerprint density at radius 3 is 2.64 bits per heavy atom. The highest BCUT2D eigenvalue weighted by molar-refractivity contribution is 7.11. The van der Waals surface area contributed by atoms with Crippen molar-refractivity contribution in [1.29, 1.82) is 0 Å². The lowest BCUT2D eigenvalue weighted by molar-refractivity contribution is -0.122. The molecule has 0 aliphatic carbocycles. The summed E-state index contributed by atoms with van der Waals surface area (Å²) in [7, 11) is 0. The highest BCUT2D eigenvalue weighted by Crippen LogP contribution is 2.26. The molecular formula is C16H28N4OS. The maximum Gasteiger partial charge on any atom is 0.220 e. The van der Waals surface area contributed by atoms with Crippen LogP contribution in [-0.2, 0) is 16.8 Å². The molecule has 1 fully saturated rings. The Kier molecular flexibility index (Phi) is 5.92. The van der Waals surface area contributed by atoms with Gasteiger partial charge in [0.2, 0.25) is 5.91 Å². The maximum absolute atomic E-state index is 12.1. The molecule has 124 valence electrons. The average Bonchev–Trinajstić information content (AvgIpc) is 2.95. The van der Waals surface area contributed by atoms with E-state index in [4.69, 9.17) is 0 Å². The van der Waals surface area contributed by atoms with Gasteiger partial charge in [-0.05, 0) is 37.8 Å². The molecule has 2 rings (SSSR count). The minimum atomic E-state index is 0.0173. The van der Waals surface area contributed by atoms with E-state index in [2.05, 4.69) is 48.5 Å². The van der Waals surface area contributed by atoms with E-state index in [1.807, 2.05) is 0 Å². The molecule has 1 atom stereocenters. The Labute approximate surface area is 137 Å². The minimum Gasteiger partial charge on any atom is -0.350 e. The summed E-state index contributed by atoms with van der Waals surface area (Å²) >= 11 is 1.58. The summed E-state index contributed by atoms with van der Waals surface area (Å²) in [5.41, 5.74) is 0.0173. The van der Waals surface area contributed by atoms with E-state index in [9.17, 15) is 4.79 Å². The zero-order chi connectivity index (χ0) is 16.2. The molecule has 6 heteroatoms. The molecule has 1 aliphatic rings. The molecule has 2 heterocycles. The van der Waals surface area contributed by atoms with Crippen molar-refractivity contribution in [3.63, 3.8) is 0 Å². The number of hydrogen-bond donors (Lipinski definition) is 2. The molecule has 0 aromatic carbocycles. The van der Waals surface area contributed by atoms with Gasteiger partial charge in [0.25, 0.3) is 0 Å². The number of hydrogen-bond acceptors (Lipinski definition) is 5. The van der Waals surface area contributed by atoms with Gasteiger partial charge in [-0.25, -0.2) is 0 Å². The van der Waals surface area contributed by atoms with Crippen LogP contribution in [0, 0.1) is 11.8 Å². The quantitative estimate of drug-likeness (QED) is 0.873. The topological polar surface area (TPSA) is 66.9 Å². The second-order valence-electron chi connectivity index (χ2n) is 7.30. The zero-order valence-corrected chi connectivity index (χ0v) is 14.9. The Hall–Kier alpha value is -1.01. The van der Waals surface area contributed by atoms with Gasteiger partial charge in [0, 0.05) is 11.8 Å². The summed E-state index contributed by atoms with van der Waals surface area (Å²) in [6.45, 7) is 11.2. The first-order valence-corrected chi connectivity index (χ1v) is 8.98. The fraction of sp³-hybridized carbons (Fsp3) is 0.812. The largest absolute Gasteiger partial charge is 0.350 e. The maximum atomic E-state index is 12.1. The van der Waals surface area contributed by atoms with Crippen LogP contribution < -0.4 is 10.6 Å². The fourth-order valence-electron chi connectivity index (χ4n) is 2.75. The molecule has 22 heavy (non-hydrogen) atoms. The average molecular weight is 324 g/mol. The summed E-state index contributed by atoms with van der Waals surface area (Å²) in [5, 5.41) is 16.6. The monoisotopic (exact) mass is 324 g/mol. The molecule has 1 aliphatic heterocycles. The standard InChI is InChI=1S/C16H28N4OS/c1-11(12-5-7-17-8-6-12)9-13(21)18-10-14-19-20-15(22-14)16(2,3)4/h11-12,17H,5-10H2,1-4H3,(H,18,21).